The Morgan fingerprint density at radius 1 is 0.800 bits per heavy atom. The van der Waals surface area contributed by atoms with Crippen LogP contribution in [-0.2, 0) is 27.0 Å². The Hall–Kier alpha value is -3.00. The van der Waals surface area contributed by atoms with E-state index >= 15 is 0 Å². The molecule has 10 heteroatoms. The van der Waals surface area contributed by atoms with E-state index in [2.05, 4.69) is 10.6 Å². The standard InChI is InChI=1S/C25H26ClN2O6P/c26-21-12-8-18(9-13-21)14-22(27-16-35(32,33)34)24(29)28-23(25(30)31)15-17-6-10-20(11-7-17)19-4-2-1-3-5-19/h1-13,22-23,27H,14-16H2,(H,28,29)(H,30,31)(H2,32,33,34)/t22-,23-/m0/s1. The van der Waals surface area contributed by atoms with Crippen molar-refractivity contribution >= 4 is 31.1 Å². The Balaban J connectivity index is 1.71. The van der Waals surface area contributed by atoms with Crippen LogP contribution in [0.15, 0.2) is 78.9 Å². The number of benzene rings is 3. The van der Waals surface area contributed by atoms with Gasteiger partial charge in [-0.25, -0.2) is 4.79 Å². The first kappa shape index (κ1) is 26.6. The van der Waals surface area contributed by atoms with Gasteiger partial charge < -0.3 is 20.2 Å². The van der Waals surface area contributed by atoms with Gasteiger partial charge in [-0.15, -0.1) is 0 Å². The second kappa shape index (κ2) is 12.1. The van der Waals surface area contributed by atoms with Crippen LogP contribution >= 0.6 is 19.2 Å². The van der Waals surface area contributed by atoms with Gasteiger partial charge in [-0.2, -0.15) is 0 Å². The Morgan fingerprint density at radius 2 is 1.31 bits per heavy atom. The zero-order valence-corrected chi connectivity index (χ0v) is 20.3. The van der Waals surface area contributed by atoms with Crippen LogP contribution in [0.2, 0.25) is 5.02 Å². The predicted octanol–water partition coefficient (Wildman–Crippen LogP) is 3.46. The van der Waals surface area contributed by atoms with Crippen LogP contribution in [0.5, 0.6) is 0 Å². The van der Waals surface area contributed by atoms with E-state index in [1.54, 1.807) is 24.3 Å². The van der Waals surface area contributed by atoms with Crippen LogP contribution in [0, 0.1) is 0 Å². The minimum absolute atomic E-state index is 0.0439. The third-order valence-electron chi connectivity index (χ3n) is 5.33. The molecule has 184 valence electrons. The summed E-state index contributed by atoms with van der Waals surface area (Å²) in [6, 6.07) is 21.5. The first-order valence-corrected chi connectivity index (χ1v) is 13.0. The number of carbonyl (C=O) groups excluding carboxylic acids is 1. The van der Waals surface area contributed by atoms with Crippen LogP contribution in [0.3, 0.4) is 0 Å². The Morgan fingerprint density at radius 3 is 1.86 bits per heavy atom. The maximum absolute atomic E-state index is 13.0. The summed E-state index contributed by atoms with van der Waals surface area (Å²) in [6.45, 7) is 0. The summed E-state index contributed by atoms with van der Waals surface area (Å²) in [5, 5.41) is 15.3. The van der Waals surface area contributed by atoms with E-state index in [0.717, 1.165) is 16.7 Å². The molecule has 1 amide bonds. The number of carbonyl (C=O) groups is 2. The molecule has 0 aliphatic rings. The average molecular weight is 517 g/mol. The lowest BCUT2D eigenvalue weighted by Gasteiger charge is -2.22. The molecule has 0 aromatic heterocycles. The molecular formula is C25H26ClN2O6P. The zero-order chi connectivity index (χ0) is 25.4. The monoisotopic (exact) mass is 516 g/mol. The summed E-state index contributed by atoms with van der Waals surface area (Å²) in [6.07, 6.45) is -0.596. The Labute approximate surface area is 208 Å². The first-order valence-electron chi connectivity index (χ1n) is 10.8. The SMILES string of the molecule is O=C(O)[C@H](Cc1ccc(-c2ccccc2)cc1)NC(=O)[C@H](Cc1ccc(Cl)cc1)NCP(=O)(O)O. The van der Waals surface area contributed by atoms with E-state index in [4.69, 9.17) is 11.6 Å². The summed E-state index contributed by atoms with van der Waals surface area (Å²) >= 11 is 5.89. The lowest BCUT2D eigenvalue weighted by molar-refractivity contribution is -0.142. The van der Waals surface area contributed by atoms with E-state index in [1.807, 2.05) is 54.6 Å². The molecule has 0 spiro atoms. The molecule has 2 atom stereocenters. The molecule has 35 heavy (non-hydrogen) atoms. The smallest absolute Gasteiger partial charge is 0.339 e. The number of rotatable bonds is 11. The van der Waals surface area contributed by atoms with Crippen molar-refractivity contribution in [3.05, 3.63) is 95.0 Å². The van der Waals surface area contributed by atoms with Gasteiger partial charge in [0.1, 0.15) is 6.04 Å². The highest BCUT2D eigenvalue weighted by molar-refractivity contribution is 7.51. The molecule has 0 radical (unpaired) electrons. The predicted molar refractivity (Wildman–Crippen MR) is 134 cm³/mol. The van der Waals surface area contributed by atoms with E-state index in [1.165, 1.54) is 0 Å². The highest BCUT2D eigenvalue weighted by Gasteiger charge is 2.27. The summed E-state index contributed by atoms with van der Waals surface area (Å²) in [7, 11) is -4.44. The van der Waals surface area contributed by atoms with Crippen molar-refractivity contribution in [2.45, 2.75) is 24.9 Å². The van der Waals surface area contributed by atoms with Crippen molar-refractivity contribution in [3.63, 3.8) is 0 Å². The number of hydrogen-bond acceptors (Lipinski definition) is 4. The maximum Gasteiger partial charge on any atom is 0.339 e. The molecule has 0 saturated heterocycles. The first-order chi connectivity index (χ1) is 16.6. The van der Waals surface area contributed by atoms with Crippen molar-refractivity contribution in [2.75, 3.05) is 6.29 Å². The van der Waals surface area contributed by atoms with E-state index in [0.29, 0.717) is 10.6 Å². The summed E-state index contributed by atoms with van der Waals surface area (Å²) in [5.41, 5.74) is 3.42. The van der Waals surface area contributed by atoms with Gasteiger partial charge in [0, 0.05) is 11.4 Å². The van der Waals surface area contributed by atoms with Crippen molar-refractivity contribution in [1.29, 1.82) is 0 Å². The number of halogens is 1. The van der Waals surface area contributed by atoms with Gasteiger partial charge in [0.15, 0.2) is 0 Å². The second-order valence-electron chi connectivity index (χ2n) is 8.08. The molecule has 3 rings (SSSR count). The number of aliphatic carboxylic acids is 1. The van der Waals surface area contributed by atoms with Crippen molar-refractivity contribution in [1.82, 2.24) is 10.6 Å². The molecule has 0 saturated carbocycles. The Bertz CT molecular complexity index is 1180. The number of hydrogen-bond donors (Lipinski definition) is 5. The molecule has 5 N–H and O–H groups in total. The average Bonchev–Trinajstić information content (AvgIpc) is 2.83. The topological polar surface area (TPSA) is 136 Å². The third-order valence-corrected chi connectivity index (χ3v) is 6.18. The molecule has 3 aromatic carbocycles. The lowest BCUT2D eigenvalue weighted by Crippen LogP contribution is -2.52. The molecule has 0 aliphatic heterocycles. The lowest BCUT2D eigenvalue weighted by atomic mass is 10.00. The summed E-state index contributed by atoms with van der Waals surface area (Å²) in [4.78, 5) is 43.3. The summed E-state index contributed by atoms with van der Waals surface area (Å²) in [5.74, 6) is -1.90. The van der Waals surface area contributed by atoms with Gasteiger partial charge >= 0.3 is 13.6 Å². The highest BCUT2D eigenvalue weighted by Crippen LogP contribution is 2.32. The minimum atomic E-state index is -4.44. The fraction of sp³-hybridized carbons (Fsp3) is 0.200. The van der Waals surface area contributed by atoms with Crippen molar-refractivity contribution < 1.29 is 29.0 Å². The third kappa shape index (κ3) is 8.62. The van der Waals surface area contributed by atoms with Gasteiger partial charge in [-0.1, -0.05) is 78.3 Å². The normalized spacial score (nSPS) is 13.1. The van der Waals surface area contributed by atoms with Gasteiger partial charge in [0.05, 0.1) is 12.3 Å². The van der Waals surface area contributed by atoms with Gasteiger partial charge in [0.2, 0.25) is 5.91 Å². The number of amides is 1. The van der Waals surface area contributed by atoms with Crippen LogP contribution in [0.1, 0.15) is 11.1 Å². The number of nitrogens with one attached hydrogen (secondary N) is 2. The van der Waals surface area contributed by atoms with E-state index in [9.17, 15) is 29.0 Å². The van der Waals surface area contributed by atoms with Crippen LogP contribution in [-0.4, -0.2) is 45.1 Å². The maximum atomic E-state index is 13.0. The molecule has 8 nitrogen and oxygen atoms in total. The van der Waals surface area contributed by atoms with E-state index < -0.39 is 37.8 Å². The second-order valence-corrected chi connectivity index (χ2v) is 10.2. The van der Waals surface area contributed by atoms with Gasteiger partial charge in [-0.05, 0) is 40.8 Å². The molecule has 0 bridgehead atoms. The fourth-order valence-corrected chi connectivity index (χ4v) is 4.10. The van der Waals surface area contributed by atoms with Crippen molar-refractivity contribution in [2.24, 2.45) is 0 Å². The molecule has 0 heterocycles. The number of carboxylic acid groups (broad SMARTS) is 1. The van der Waals surface area contributed by atoms with Crippen LogP contribution in [0.4, 0.5) is 0 Å². The fourth-order valence-electron chi connectivity index (χ4n) is 3.51. The minimum Gasteiger partial charge on any atom is -0.480 e. The largest absolute Gasteiger partial charge is 0.480 e. The van der Waals surface area contributed by atoms with Crippen LogP contribution < -0.4 is 10.6 Å². The summed E-state index contributed by atoms with van der Waals surface area (Å²) < 4.78 is 11.3. The number of carboxylic acids is 1. The Kier molecular flexibility index (Phi) is 9.20. The molecule has 0 fully saturated rings. The molecule has 3 aromatic rings. The van der Waals surface area contributed by atoms with E-state index in [-0.39, 0.29) is 12.8 Å². The van der Waals surface area contributed by atoms with Crippen molar-refractivity contribution in [3.8, 4) is 11.1 Å². The molecule has 0 unspecified atom stereocenters. The highest BCUT2D eigenvalue weighted by atomic mass is 35.5. The van der Waals surface area contributed by atoms with Crippen LogP contribution in [0.25, 0.3) is 11.1 Å². The quantitative estimate of drug-likeness (QED) is 0.246. The zero-order valence-electron chi connectivity index (χ0n) is 18.7. The van der Waals surface area contributed by atoms with Gasteiger partial charge in [-0.3, -0.25) is 14.7 Å². The molecule has 0 aliphatic carbocycles. The van der Waals surface area contributed by atoms with Gasteiger partial charge in [0.25, 0.3) is 0 Å². The molecular weight excluding hydrogens is 491 g/mol.